The van der Waals surface area contributed by atoms with Crippen LogP contribution in [0.15, 0.2) is 30.7 Å². The van der Waals surface area contributed by atoms with E-state index >= 15 is 0 Å². The molecule has 2 amide bonds. The Balaban J connectivity index is 1.81. The molecule has 0 aliphatic carbocycles. The molecule has 7 heteroatoms. The summed E-state index contributed by atoms with van der Waals surface area (Å²) < 4.78 is 0. The Morgan fingerprint density at radius 2 is 2.22 bits per heavy atom. The summed E-state index contributed by atoms with van der Waals surface area (Å²) in [6.45, 7) is 3.38. The van der Waals surface area contributed by atoms with Crippen LogP contribution in [-0.2, 0) is 5.41 Å². The predicted molar refractivity (Wildman–Crippen MR) is 87.4 cm³/mol. The van der Waals surface area contributed by atoms with Crippen molar-refractivity contribution in [1.29, 1.82) is 0 Å². The Kier molecular flexibility index (Phi) is 4.12. The van der Waals surface area contributed by atoms with Gasteiger partial charge in [-0.05, 0) is 25.0 Å². The minimum absolute atomic E-state index is 0.0179. The highest BCUT2D eigenvalue weighted by atomic mass is 32.1. The van der Waals surface area contributed by atoms with E-state index in [0.29, 0.717) is 17.0 Å². The maximum atomic E-state index is 12.6. The van der Waals surface area contributed by atoms with E-state index in [1.165, 1.54) is 17.5 Å². The second-order valence-corrected chi connectivity index (χ2v) is 7.06. The van der Waals surface area contributed by atoms with Crippen LogP contribution in [0.1, 0.15) is 44.8 Å². The topological polar surface area (TPSA) is 89.2 Å². The number of nitrogens with two attached hydrogens (primary N) is 1. The first-order chi connectivity index (χ1) is 11.0. The van der Waals surface area contributed by atoms with Crippen LogP contribution in [0.25, 0.3) is 0 Å². The van der Waals surface area contributed by atoms with Crippen molar-refractivity contribution >= 4 is 23.2 Å². The molecule has 0 aromatic carbocycles. The highest BCUT2D eigenvalue weighted by Crippen LogP contribution is 2.36. The molecule has 2 aromatic rings. The van der Waals surface area contributed by atoms with Crippen molar-refractivity contribution in [3.05, 3.63) is 46.2 Å². The number of pyridine rings is 1. The number of thiazole rings is 1. The van der Waals surface area contributed by atoms with E-state index < -0.39 is 5.91 Å². The van der Waals surface area contributed by atoms with Crippen LogP contribution >= 0.6 is 11.3 Å². The zero-order chi connectivity index (χ0) is 16.4. The molecule has 2 N–H and O–H groups in total. The third-order valence-corrected chi connectivity index (χ3v) is 5.48. The number of nitrogens with zero attached hydrogens (tertiary/aromatic N) is 3. The minimum atomic E-state index is -0.462. The normalized spacial score (nSPS) is 21.2. The molecular formula is C16H18N4O2S. The highest BCUT2D eigenvalue weighted by Gasteiger charge is 2.37. The van der Waals surface area contributed by atoms with E-state index in [1.807, 2.05) is 4.90 Å². The van der Waals surface area contributed by atoms with Crippen molar-refractivity contribution < 1.29 is 9.59 Å². The first kappa shape index (κ1) is 15.6. The summed E-state index contributed by atoms with van der Waals surface area (Å²) in [5.41, 5.74) is 5.65. The molecule has 1 atom stereocenters. The average molecular weight is 330 g/mol. The molecule has 0 unspecified atom stereocenters. The van der Waals surface area contributed by atoms with Gasteiger partial charge in [-0.3, -0.25) is 14.6 Å². The molecule has 1 aliphatic rings. The van der Waals surface area contributed by atoms with E-state index in [4.69, 9.17) is 5.73 Å². The molecule has 3 rings (SSSR count). The molecule has 0 radical (unpaired) electrons. The number of hydrogen-bond acceptors (Lipinski definition) is 5. The van der Waals surface area contributed by atoms with Crippen molar-refractivity contribution in [3.8, 4) is 0 Å². The molecule has 23 heavy (non-hydrogen) atoms. The Bertz CT molecular complexity index is 731. The van der Waals surface area contributed by atoms with Crippen LogP contribution < -0.4 is 5.73 Å². The monoisotopic (exact) mass is 330 g/mol. The lowest BCUT2D eigenvalue weighted by molar-refractivity contribution is 0.0650. The van der Waals surface area contributed by atoms with Crippen LogP contribution in [0, 0.1) is 0 Å². The van der Waals surface area contributed by atoms with Crippen molar-refractivity contribution in [1.82, 2.24) is 14.9 Å². The van der Waals surface area contributed by atoms with Gasteiger partial charge in [0.15, 0.2) is 0 Å². The lowest BCUT2D eigenvalue weighted by atomic mass is 9.82. The fourth-order valence-electron chi connectivity index (χ4n) is 2.93. The largest absolute Gasteiger partial charge is 0.365 e. The number of rotatable bonds is 3. The fraction of sp³-hybridized carbons (Fsp3) is 0.375. The number of amides is 2. The first-order valence-electron chi connectivity index (χ1n) is 7.45. The highest BCUT2D eigenvalue weighted by molar-refractivity contribution is 7.13. The van der Waals surface area contributed by atoms with Gasteiger partial charge in [0.25, 0.3) is 11.8 Å². The molecule has 3 heterocycles. The summed E-state index contributed by atoms with van der Waals surface area (Å²) in [5, 5.41) is 0.856. The smallest absolute Gasteiger partial charge is 0.260 e. The fourth-order valence-corrected chi connectivity index (χ4v) is 3.86. The summed E-state index contributed by atoms with van der Waals surface area (Å²) in [4.78, 5) is 34.6. The summed E-state index contributed by atoms with van der Waals surface area (Å²) in [5.74, 6) is -0.479. The van der Waals surface area contributed by atoms with Gasteiger partial charge >= 0.3 is 0 Å². The predicted octanol–water partition coefficient (Wildman–Crippen LogP) is 1.83. The minimum Gasteiger partial charge on any atom is -0.365 e. The van der Waals surface area contributed by atoms with Crippen LogP contribution in [0.4, 0.5) is 0 Å². The number of piperidine rings is 1. The SMILES string of the molecule is C[C@@]1(c2ncc(C(N)=O)s2)CCCN(C(=O)c2cccnc2)C1. The number of carbonyl (C=O) groups is 2. The molecule has 0 spiro atoms. The summed E-state index contributed by atoms with van der Waals surface area (Å²) in [6, 6.07) is 3.53. The maximum Gasteiger partial charge on any atom is 0.260 e. The van der Waals surface area contributed by atoms with Crippen LogP contribution in [0.2, 0.25) is 0 Å². The quantitative estimate of drug-likeness (QED) is 0.930. The van der Waals surface area contributed by atoms with Crippen molar-refractivity contribution in [3.63, 3.8) is 0 Å². The van der Waals surface area contributed by atoms with Gasteiger partial charge in [0.1, 0.15) is 9.88 Å². The van der Waals surface area contributed by atoms with Gasteiger partial charge in [-0.2, -0.15) is 0 Å². The first-order valence-corrected chi connectivity index (χ1v) is 8.27. The Morgan fingerprint density at radius 3 is 2.87 bits per heavy atom. The number of primary amides is 1. The number of hydrogen-bond donors (Lipinski definition) is 1. The van der Waals surface area contributed by atoms with E-state index in [1.54, 1.807) is 24.5 Å². The summed E-state index contributed by atoms with van der Waals surface area (Å²) >= 11 is 1.32. The number of likely N-dealkylation sites (tertiary alicyclic amines) is 1. The van der Waals surface area contributed by atoms with Gasteiger partial charge in [-0.15, -0.1) is 11.3 Å². The van der Waals surface area contributed by atoms with Crippen LogP contribution in [0.3, 0.4) is 0 Å². The zero-order valence-electron chi connectivity index (χ0n) is 12.9. The molecule has 0 bridgehead atoms. The molecule has 6 nitrogen and oxygen atoms in total. The molecule has 0 saturated carbocycles. The average Bonchev–Trinajstić information content (AvgIpc) is 3.06. The van der Waals surface area contributed by atoms with Gasteiger partial charge in [0.2, 0.25) is 0 Å². The standard InChI is InChI=1S/C16H18N4O2S/c1-16(15-19-9-12(23-15)13(17)21)5-3-7-20(10-16)14(22)11-4-2-6-18-8-11/h2,4,6,8-9H,3,5,7,10H2,1H3,(H2,17,21)/t16-/m1/s1. The molecule has 1 fully saturated rings. The molecule has 120 valence electrons. The van der Waals surface area contributed by atoms with Crippen molar-refractivity contribution in [2.75, 3.05) is 13.1 Å². The van der Waals surface area contributed by atoms with Gasteiger partial charge in [0.05, 0.1) is 11.8 Å². The maximum absolute atomic E-state index is 12.6. The summed E-state index contributed by atoms with van der Waals surface area (Å²) in [6.07, 6.45) is 6.58. The number of carbonyl (C=O) groups excluding carboxylic acids is 2. The third-order valence-electron chi connectivity index (χ3n) is 4.16. The van der Waals surface area contributed by atoms with Gasteiger partial charge in [-0.1, -0.05) is 6.92 Å². The lowest BCUT2D eigenvalue weighted by Gasteiger charge is -2.39. The molecule has 1 aliphatic heterocycles. The summed E-state index contributed by atoms with van der Waals surface area (Å²) in [7, 11) is 0. The van der Waals surface area contributed by atoms with E-state index in [9.17, 15) is 9.59 Å². The Morgan fingerprint density at radius 1 is 1.39 bits per heavy atom. The zero-order valence-corrected chi connectivity index (χ0v) is 13.7. The van der Waals surface area contributed by atoms with E-state index in [0.717, 1.165) is 24.4 Å². The van der Waals surface area contributed by atoms with E-state index in [2.05, 4.69) is 16.9 Å². The van der Waals surface area contributed by atoms with Gasteiger partial charge in [0, 0.05) is 30.9 Å². The van der Waals surface area contributed by atoms with E-state index in [-0.39, 0.29) is 11.3 Å². The lowest BCUT2D eigenvalue weighted by Crippen LogP contribution is -2.47. The Labute approximate surface area is 138 Å². The van der Waals surface area contributed by atoms with Gasteiger partial charge < -0.3 is 10.6 Å². The Hall–Kier alpha value is -2.28. The van der Waals surface area contributed by atoms with Crippen molar-refractivity contribution in [2.24, 2.45) is 5.73 Å². The van der Waals surface area contributed by atoms with Crippen LogP contribution in [0.5, 0.6) is 0 Å². The number of aromatic nitrogens is 2. The second kappa shape index (κ2) is 6.08. The second-order valence-electron chi connectivity index (χ2n) is 6.03. The van der Waals surface area contributed by atoms with Crippen LogP contribution in [-0.4, -0.2) is 39.8 Å². The van der Waals surface area contributed by atoms with Crippen molar-refractivity contribution in [2.45, 2.75) is 25.2 Å². The molecular weight excluding hydrogens is 312 g/mol. The molecule has 1 saturated heterocycles. The third kappa shape index (κ3) is 3.10. The molecule has 2 aromatic heterocycles. The van der Waals surface area contributed by atoms with Gasteiger partial charge in [-0.25, -0.2) is 4.98 Å².